The van der Waals surface area contributed by atoms with Crippen LogP contribution >= 0.6 is 0 Å². The number of amides is 1. The number of rotatable bonds is 1. The van der Waals surface area contributed by atoms with Gasteiger partial charge in [0.15, 0.2) is 0 Å². The van der Waals surface area contributed by atoms with Crippen molar-refractivity contribution in [2.75, 3.05) is 0 Å². The van der Waals surface area contributed by atoms with E-state index in [4.69, 9.17) is 0 Å². The summed E-state index contributed by atoms with van der Waals surface area (Å²) in [5.41, 5.74) is -3.59. The van der Waals surface area contributed by atoms with Crippen molar-refractivity contribution in [2.45, 2.75) is 51.9 Å². The number of benzene rings is 1. The largest absolute Gasteiger partial charge is 0.508 e. The van der Waals surface area contributed by atoms with Crippen LogP contribution in [0.3, 0.4) is 0 Å². The molecule has 0 saturated heterocycles. The number of phenolic OH excluding ortho intramolecular Hbond substituents is 1. The minimum Gasteiger partial charge on any atom is -0.508 e. The number of hydrazone groups is 1. The van der Waals surface area contributed by atoms with Crippen LogP contribution in [0.5, 0.6) is 5.75 Å². The second kappa shape index (κ2) is 6.22. The molecule has 1 heterocycles. The van der Waals surface area contributed by atoms with E-state index in [0.29, 0.717) is 12.8 Å². The Morgan fingerprint density at radius 1 is 1.30 bits per heavy atom. The third-order valence-corrected chi connectivity index (χ3v) is 5.64. The normalized spacial score (nSPS) is 28.7. The first-order chi connectivity index (χ1) is 12.4. The van der Waals surface area contributed by atoms with Gasteiger partial charge >= 0.3 is 6.18 Å². The second-order valence-corrected chi connectivity index (χ2v) is 8.37. The molecule has 1 amide bonds. The molecule has 148 valence electrons. The smallest absolute Gasteiger partial charge is 0.439 e. The van der Waals surface area contributed by atoms with E-state index in [-0.39, 0.29) is 39.8 Å². The van der Waals surface area contributed by atoms with Crippen molar-refractivity contribution in [3.8, 4) is 5.75 Å². The maximum Gasteiger partial charge on any atom is 0.439 e. The first kappa shape index (κ1) is 19.7. The van der Waals surface area contributed by atoms with Crippen LogP contribution < -0.4 is 0 Å². The molecule has 0 aromatic heterocycles. The lowest BCUT2D eigenvalue weighted by molar-refractivity contribution is -0.314. The van der Waals surface area contributed by atoms with Gasteiger partial charge in [-0.1, -0.05) is 26.8 Å². The minimum atomic E-state index is -5.07. The van der Waals surface area contributed by atoms with Gasteiger partial charge in [0.25, 0.3) is 11.6 Å². The summed E-state index contributed by atoms with van der Waals surface area (Å²) in [5, 5.41) is 24.4. The van der Waals surface area contributed by atoms with E-state index in [1.54, 1.807) is 0 Å². The van der Waals surface area contributed by atoms with E-state index in [1.165, 1.54) is 18.2 Å². The molecule has 1 aliphatic heterocycles. The summed E-state index contributed by atoms with van der Waals surface area (Å²) in [4.78, 5) is 12.7. The zero-order chi connectivity index (χ0) is 20.2. The summed E-state index contributed by atoms with van der Waals surface area (Å²) in [6, 6.07) is 4.98. The number of aromatic hydroxyl groups is 1. The molecule has 0 radical (unpaired) electrons. The van der Waals surface area contributed by atoms with Gasteiger partial charge in [-0.25, -0.2) is 0 Å². The third kappa shape index (κ3) is 3.20. The van der Waals surface area contributed by atoms with Crippen molar-refractivity contribution >= 4 is 11.6 Å². The summed E-state index contributed by atoms with van der Waals surface area (Å²) in [6.45, 7) is 5.87. The van der Waals surface area contributed by atoms with Gasteiger partial charge < -0.3 is 10.2 Å². The Morgan fingerprint density at radius 2 is 1.96 bits per heavy atom. The van der Waals surface area contributed by atoms with Crippen LogP contribution in [0.2, 0.25) is 0 Å². The molecule has 5 nitrogen and oxygen atoms in total. The molecule has 0 spiro atoms. The number of aliphatic hydroxyl groups is 1. The minimum absolute atomic E-state index is 0.0360. The van der Waals surface area contributed by atoms with Gasteiger partial charge in [0, 0.05) is 11.3 Å². The van der Waals surface area contributed by atoms with Gasteiger partial charge in [-0.15, -0.1) is 0 Å². The van der Waals surface area contributed by atoms with E-state index in [2.05, 4.69) is 5.10 Å². The number of carbonyl (C=O) groups is 1. The molecular weight excluding hydrogens is 361 g/mol. The quantitative estimate of drug-likeness (QED) is 0.771. The maximum absolute atomic E-state index is 14.0. The Hall–Kier alpha value is -2.09. The van der Waals surface area contributed by atoms with E-state index >= 15 is 0 Å². The fraction of sp³-hybridized carbons (Fsp3) is 0.579. The zero-order valence-electron chi connectivity index (χ0n) is 15.4. The molecule has 1 aromatic rings. The molecule has 1 saturated carbocycles. The number of carbonyl (C=O) groups excluding carboxylic acids is 1. The van der Waals surface area contributed by atoms with Gasteiger partial charge in [0.05, 0.1) is 5.92 Å². The summed E-state index contributed by atoms with van der Waals surface area (Å²) in [7, 11) is 0. The van der Waals surface area contributed by atoms with E-state index in [9.17, 15) is 28.2 Å². The fourth-order valence-electron chi connectivity index (χ4n) is 3.97. The monoisotopic (exact) mass is 384 g/mol. The molecule has 2 N–H and O–H groups in total. The van der Waals surface area contributed by atoms with Crippen molar-refractivity contribution in [1.82, 2.24) is 5.01 Å². The predicted molar refractivity (Wildman–Crippen MR) is 93.0 cm³/mol. The highest BCUT2D eigenvalue weighted by atomic mass is 19.4. The number of alkyl halides is 3. The number of fused-ring (bicyclic) bond motifs is 1. The summed E-state index contributed by atoms with van der Waals surface area (Å²) < 4.78 is 41.9. The molecule has 1 aliphatic carbocycles. The standard InChI is InChI=1S/C19H23F3N2O3/c1-17(2,3)12-7-8-15-14(10-12)18(27,19(20,21)22)24(23-15)16(26)11-5-4-6-13(25)9-11/h4-6,9,12,14,25,27H,7-8,10H2,1-3H3/t12-,14+,18-/m1/s1. The lowest BCUT2D eigenvalue weighted by Gasteiger charge is -2.42. The first-order valence-electron chi connectivity index (χ1n) is 8.85. The highest BCUT2D eigenvalue weighted by Gasteiger charge is 2.69. The van der Waals surface area contributed by atoms with Crippen LogP contribution in [0.25, 0.3) is 0 Å². The van der Waals surface area contributed by atoms with Crippen molar-refractivity contribution in [3.05, 3.63) is 29.8 Å². The Morgan fingerprint density at radius 3 is 2.52 bits per heavy atom. The van der Waals surface area contributed by atoms with E-state index in [0.717, 1.165) is 6.07 Å². The number of phenols is 1. The molecule has 1 fully saturated rings. The first-order valence-corrected chi connectivity index (χ1v) is 8.85. The topological polar surface area (TPSA) is 73.1 Å². The number of nitrogens with zero attached hydrogens (tertiary/aromatic N) is 2. The average molecular weight is 384 g/mol. The van der Waals surface area contributed by atoms with Crippen molar-refractivity contribution < 1.29 is 28.2 Å². The summed E-state index contributed by atoms with van der Waals surface area (Å²) in [5.74, 6) is -2.68. The average Bonchev–Trinajstić information content (AvgIpc) is 2.87. The van der Waals surface area contributed by atoms with Crippen LogP contribution in [0.1, 0.15) is 50.4 Å². The van der Waals surface area contributed by atoms with Gasteiger partial charge in [0.2, 0.25) is 0 Å². The molecule has 0 unspecified atom stereocenters. The number of hydrogen-bond donors (Lipinski definition) is 2. The van der Waals surface area contributed by atoms with E-state index < -0.39 is 23.7 Å². The lowest BCUT2D eigenvalue weighted by atomic mass is 9.66. The van der Waals surface area contributed by atoms with E-state index in [1.807, 2.05) is 20.8 Å². The van der Waals surface area contributed by atoms with Crippen molar-refractivity contribution in [3.63, 3.8) is 0 Å². The second-order valence-electron chi connectivity index (χ2n) is 8.37. The zero-order valence-corrected chi connectivity index (χ0v) is 15.4. The van der Waals surface area contributed by atoms with Crippen molar-refractivity contribution in [2.24, 2.45) is 22.4 Å². The summed E-state index contributed by atoms with van der Waals surface area (Å²) >= 11 is 0. The Labute approximate surface area is 155 Å². The molecule has 3 atom stereocenters. The Bertz CT molecular complexity index is 785. The van der Waals surface area contributed by atoms with Crippen molar-refractivity contribution in [1.29, 1.82) is 0 Å². The predicted octanol–water partition coefficient (Wildman–Crippen LogP) is 3.92. The van der Waals surface area contributed by atoms with Crippen LogP contribution in [-0.4, -0.2) is 38.7 Å². The maximum atomic E-state index is 14.0. The highest BCUT2D eigenvalue weighted by molar-refractivity contribution is 5.99. The molecule has 8 heteroatoms. The molecule has 27 heavy (non-hydrogen) atoms. The Balaban J connectivity index is 2.02. The number of hydrogen-bond acceptors (Lipinski definition) is 4. The van der Waals surface area contributed by atoms with Crippen LogP contribution in [0.4, 0.5) is 13.2 Å². The molecule has 0 bridgehead atoms. The van der Waals surface area contributed by atoms with Crippen LogP contribution in [0, 0.1) is 17.3 Å². The summed E-state index contributed by atoms with van der Waals surface area (Å²) in [6.07, 6.45) is -4.02. The molecule has 1 aromatic carbocycles. The lowest BCUT2D eigenvalue weighted by Crippen LogP contribution is -2.62. The molecule has 2 aliphatic rings. The third-order valence-electron chi connectivity index (χ3n) is 5.64. The molecular formula is C19H23F3N2O3. The van der Waals surface area contributed by atoms with Gasteiger partial charge in [-0.2, -0.15) is 23.3 Å². The van der Waals surface area contributed by atoms with Crippen LogP contribution in [-0.2, 0) is 0 Å². The highest BCUT2D eigenvalue weighted by Crippen LogP contribution is 2.52. The molecule has 3 rings (SSSR count). The van der Waals surface area contributed by atoms with Gasteiger partial charge in [-0.05, 0) is 48.8 Å². The number of halogens is 3. The van der Waals surface area contributed by atoms with Gasteiger partial charge in [0.1, 0.15) is 5.75 Å². The van der Waals surface area contributed by atoms with Gasteiger partial charge in [-0.3, -0.25) is 4.79 Å². The fourth-order valence-corrected chi connectivity index (χ4v) is 3.97. The SMILES string of the molecule is CC(C)(C)[C@@H]1CCC2=NN(C(=O)c3cccc(O)c3)[C@](O)(C(F)(F)F)[C@H]2C1. The van der Waals surface area contributed by atoms with Crippen LogP contribution in [0.15, 0.2) is 29.4 Å². The Kier molecular flexibility index (Phi) is 4.53.